The number of aliphatic carboxylic acids is 2. The summed E-state index contributed by atoms with van der Waals surface area (Å²) < 4.78 is 3.87. The van der Waals surface area contributed by atoms with Crippen LogP contribution in [0.25, 0.3) is 0 Å². The molecule has 0 radical (unpaired) electrons. The SMILES string of the molecule is CC(OC=O)(C(=O)O)C(=O)O. The minimum absolute atomic E-state index is 0.220. The number of carboxylic acid groups (broad SMARTS) is 2. The Morgan fingerprint density at radius 2 is 1.73 bits per heavy atom. The first-order valence-corrected chi connectivity index (χ1v) is 2.53. The van der Waals surface area contributed by atoms with Gasteiger partial charge in [0.25, 0.3) is 6.47 Å². The maximum atomic E-state index is 10.2. The van der Waals surface area contributed by atoms with Crippen molar-refractivity contribution in [3.05, 3.63) is 0 Å². The Morgan fingerprint density at radius 3 is 1.82 bits per heavy atom. The highest BCUT2D eigenvalue weighted by Gasteiger charge is 2.44. The number of carboxylic acids is 2. The summed E-state index contributed by atoms with van der Waals surface area (Å²) in [6.07, 6.45) is 0. The molecule has 0 amide bonds. The minimum atomic E-state index is -2.48. The number of hydrogen-bond donors (Lipinski definition) is 2. The van der Waals surface area contributed by atoms with Crippen LogP contribution in [0.1, 0.15) is 6.92 Å². The summed E-state index contributed by atoms with van der Waals surface area (Å²) in [5.41, 5.74) is -2.48. The Hall–Kier alpha value is -1.59. The van der Waals surface area contributed by atoms with Crippen molar-refractivity contribution < 1.29 is 29.3 Å². The Kier molecular flexibility index (Phi) is 2.56. The number of carbonyl (C=O) groups is 3. The monoisotopic (exact) mass is 162 g/mol. The summed E-state index contributed by atoms with van der Waals surface area (Å²) in [6.45, 7) is 0.550. The third-order valence-electron chi connectivity index (χ3n) is 1.10. The molecule has 0 bridgehead atoms. The van der Waals surface area contributed by atoms with Crippen molar-refractivity contribution in [3.8, 4) is 0 Å². The first-order chi connectivity index (χ1) is 4.95. The van der Waals surface area contributed by atoms with E-state index < -0.39 is 17.5 Å². The van der Waals surface area contributed by atoms with Crippen molar-refractivity contribution in [1.29, 1.82) is 0 Å². The molecule has 0 aliphatic heterocycles. The van der Waals surface area contributed by atoms with Crippen molar-refractivity contribution >= 4 is 18.4 Å². The van der Waals surface area contributed by atoms with E-state index in [1.807, 2.05) is 0 Å². The lowest BCUT2D eigenvalue weighted by Crippen LogP contribution is -2.45. The van der Waals surface area contributed by atoms with Gasteiger partial charge in [-0.05, 0) is 6.92 Å². The lowest BCUT2D eigenvalue weighted by atomic mass is 10.1. The van der Waals surface area contributed by atoms with E-state index in [4.69, 9.17) is 10.2 Å². The highest BCUT2D eigenvalue weighted by molar-refractivity contribution is 6.02. The summed E-state index contributed by atoms with van der Waals surface area (Å²) in [5.74, 6) is -3.45. The number of ether oxygens (including phenoxy) is 1. The summed E-state index contributed by atoms with van der Waals surface area (Å²) >= 11 is 0. The van der Waals surface area contributed by atoms with Gasteiger partial charge in [0.2, 0.25) is 0 Å². The van der Waals surface area contributed by atoms with E-state index in [9.17, 15) is 14.4 Å². The zero-order valence-electron chi connectivity index (χ0n) is 5.60. The van der Waals surface area contributed by atoms with E-state index in [-0.39, 0.29) is 6.47 Å². The zero-order chi connectivity index (χ0) is 9.07. The molecule has 0 aliphatic rings. The smallest absolute Gasteiger partial charge is 0.359 e. The molecule has 0 saturated carbocycles. The van der Waals surface area contributed by atoms with Crippen LogP contribution in [0, 0.1) is 0 Å². The second-order valence-corrected chi connectivity index (χ2v) is 1.86. The van der Waals surface area contributed by atoms with Gasteiger partial charge in [0.15, 0.2) is 0 Å². The summed E-state index contributed by atoms with van der Waals surface area (Å²) in [7, 11) is 0. The van der Waals surface area contributed by atoms with Gasteiger partial charge in [-0.25, -0.2) is 9.59 Å². The lowest BCUT2D eigenvalue weighted by Gasteiger charge is -2.16. The Labute approximate surface area is 61.4 Å². The van der Waals surface area contributed by atoms with Gasteiger partial charge in [-0.3, -0.25) is 4.79 Å². The molecule has 6 heteroatoms. The predicted octanol–water partition coefficient (Wildman–Crippen LogP) is -0.913. The van der Waals surface area contributed by atoms with Crippen LogP contribution in [0.15, 0.2) is 0 Å². The first-order valence-electron chi connectivity index (χ1n) is 2.53. The van der Waals surface area contributed by atoms with Crippen LogP contribution in [-0.4, -0.2) is 34.2 Å². The molecule has 0 spiro atoms. The lowest BCUT2D eigenvalue weighted by molar-refractivity contribution is -0.182. The van der Waals surface area contributed by atoms with Crippen molar-refractivity contribution in [1.82, 2.24) is 0 Å². The average Bonchev–Trinajstić information content (AvgIpc) is 1.87. The van der Waals surface area contributed by atoms with Crippen molar-refractivity contribution in [2.45, 2.75) is 12.5 Å². The van der Waals surface area contributed by atoms with Gasteiger partial charge >= 0.3 is 17.5 Å². The normalized spacial score (nSPS) is 10.3. The third-order valence-corrected chi connectivity index (χ3v) is 1.10. The van der Waals surface area contributed by atoms with Gasteiger partial charge in [-0.2, -0.15) is 0 Å². The summed E-state index contributed by atoms with van der Waals surface area (Å²) in [6, 6.07) is 0. The maximum Gasteiger partial charge on any atom is 0.359 e. The van der Waals surface area contributed by atoms with E-state index in [0.717, 1.165) is 6.92 Å². The molecule has 62 valence electrons. The van der Waals surface area contributed by atoms with Gasteiger partial charge in [-0.15, -0.1) is 0 Å². The van der Waals surface area contributed by atoms with Crippen LogP contribution in [0.4, 0.5) is 0 Å². The fraction of sp³-hybridized carbons (Fsp3) is 0.400. The van der Waals surface area contributed by atoms with Gasteiger partial charge in [0.1, 0.15) is 0 Å². The number of carbonyl (C=O) groups excluding carboxylic acids is 1. The quantitative estimate of drug-likeness (QED) is 0.409. The molecule has 0 aliphatic carbocycles. The van der Waals surface area contributed by atoms with Crippen LogP contribution >= 0.6 is 0 Å². The molecule has 0 aromatic heterocycles. The van der Waals surface area contributed by atoms with Crippen molar-refractivity contribution in [3.63, 3.8) is 0 Å². The van der Waals surface area contributed by atoms with Crippen LogP contribution in [-0.2, 0) is 19.1 Å². The van der Waals surface area contributed by atoms with Gasteiger partial charge in [-0.1, -0.05) is 0 Å². The fourth-order valence-corrected chi connectivity index (χ4v) is 0.289. The summed E-state index contributed by atoms with van der Waals surface area (Å²) in [4.78, 5) is 30.1. The van der Waals surface area contributed by atoms with Crippen LogP contribution in [0.5, 0.6) is 0 Å². The highest BCUT2D eigenvalue weighted by atomic mass is 16.6. The van der Waals surface area contributed by atoms with E-state index >= 15 is 0 Å². The van der Waals surface area contributed by atoms with E-state index in [1.165, 1.54) is 0 Å². The first kappa shape index (κ1) is 9.41. The standard InChI is InChI=1S/C5H6O6/c1-5(3(7)8,4(9)10)11-2-6/h2H,1H3,(H,7,8)(H,9,10). The molecule has 0 unspecified atom stereocenters. The number of hydrogen-bond acceptors (Lipinski definition) is 4. The van der Waals surface area contributed by atoms with Gasteiger partial charge in [0.05, 0.1) is 0 Å². The van der Waals surface area contributed by atoms with Crippen LogP contribution in [0.3, 0.4) is 0 Å². The molecule has 6 nitrogen and oxygen atoms in total. The van der Waals surface area contributed by atoms with E-state index in [0.29, 0.717) is 0 Å². The molecule has 0 aromatic carbocycles. The second kappa shape index (κ2) is 3.00. The van der Waals surface area contributed by atoms with E-state index in [2.05, 4.69) is 4.74 Å². The topological polar surface area (TPSA) is 101 Å². The van der Waals surface area contributed by atoms with Gasteiger partial charge < -0.3 is 14.9 Å². The largest absolute Gasteiger partial charge is 0.478 e. The molecule has 0 fully saturated rings. The second-order valence-electron chi connectivity index (χ2n) is 1.86. The minimum Gasteiger partial charge on any atom is -0.478 e. The zero-order valence-corrected chi connectivity index (χ0v) is 5.60. The van der Waals surface area contributed by atoms with Crippen LogP contribution in [0.2, 0.25) is 0 Å². The highest BCUT2D eigenvalue weighted by Crippen LogP contribution is 2.08. The molecular formula is C5H6O6. The maximum absolute atomic E-state index is 10.2. The van der Waals surface area contributed by atoms with Crippen molar-refractivity contribution in [2.75, 3.05) is 0 Å². The molecule has 0 heterocycles. The van der Waals surface area contributed by atoms with Gasteiger partial charge in [0, 0.05) is 0 Å². The van der Waals surface area contributed by atoms with Crippen molar-refractivity contribution in [2.24, 2.45) is 0 Å². The molecule has 11 heavy (non-hydrogen) atoms. The predicted molar refractivity (Wildman–Crippen MR) is 30.8 cm³/mol. The Balaban J connectivity index is 4.65. The van der Waals surface area contributed by atoms with E-state index in [1.54, 1.807) is 0 Å². The summed E-state index contributed by atoms with van der Waals surface area (Å²) in [5, 5.41) is 16.5. The molecular weight excluding hydrogens is 156 g/mol. The molecule has 0 saturated heterocycles. The average molecular weight is 162 g/mol. The Morgan fingerprint density at radius 1 is 1.36 bits per heavy atom. The third kappa shape index (κ3) is 1.66. The van der Waals surface area contributed by atoms with Crippen LogP contribution < -0.4 is 0 Å². The molecule has 0 atom stereocenters. The Bertz CT molecular complexity index is 181. The molecule has 2 N–H and O–H groups in total. The molecule has 0 rings (SSSR count). The number of rotatable bonds is 4. The fourth-order valence-electron chi connectivity index (χ4n) is 0.289. The molecule has 0 aromatic rings.